The summed E-state index contributed by atoms with van der Waals surface area (Å²) in [6, 6.07) is 16.9. The second kappa shape index (κ2) is 11.7. The van der Waals surface area contributed by atoms with Crippen LogP contribution in [0.15, 0.2) is 64.5 Å². The Kier molecular flexibility index (Phi) is 8.65. The van der Waals surface area contributed by atoms with E-state index in [1.165, 1.54) is 23.4 Å². The van der Waals surface area contributed by atoms with Crippen LogP contribution in [0.1, 0.15) is 44.7 Å². The zero-order chi connectivity index (χ0) is 23.8. The first kappa shape index (κ1) is 24.5. The number of benzene rings is 2. The third-order valence-electron chi connectivity index (χ3n) is 5.34. The minimum atomic E-state index is -0.495. The van der Waals surface area contributed by atoms with Gasteiger partial charge in [-0.3, -0.25) is 19.0 Å². The number of carbonyl (C=O) groups is 2. The first-order valence-corrected chi connectivity index (χ1v) is 11.9. The second-order valence-electron chi connectivity index (χ2n) is 7.72. The number of ether oxygens (including phenoxy) is 1. The molecule has 3 aromatic rings. The number of fused-ring (bicyclic) bond motifs is 1. The average molecular weight is 468 g/mol. The fourth-order valence-electron chi connectivity index (χ4n) is 3.54. The summed E-state index contributed by atoms with van der Waals surface area (Å²) < 4.78 is 6.17. The van der Waals surface area contributed by atoms with E-state index in [4.69, 9.17) is 4.74 Å². The Bertz CT molecular complexity index is 1160. The van der Waals surface area contributed by atoms with Crippen LogP contribution < -0.4 is 10.9 Å². The van der Waals surface area contributed by atoms with Gasteiger partial charge >= 0.3 is 5.97 Å². The van der Waals surface area contributed by atoms with Gasteiger partial charge in [-0.05, 0) is 31.0 Å². The number of carbonyl (C=O) groups excluding carboxylic acids is 2. The normalized spacial score (nSPS) is 12.8. The molecule has 0 unspecified atom stereocenters. The van der Waals surface area contributed by atoms with Gasteiger partial charge in [0, 0.05) is 6.54 Å². The van der Waals surface area contributed by atoms with Gasteiger partial charge in [0.25, 0.3) is 5.56 Å². The molecule has 0 radical (unpaired) electrons. The quantitative estimate of drug-likeness (QED) is 0.274. The highest BCUT2D eigenvalue weighted by Crippen LogP contribution is 2.25. The summed E-state index contributed by atoms with van der Waals surface area (Å²) in [7, 11) is 1.31. The van der Waals surface area contributed by atoms with Crippen molar-refractivity contribution in [3.8, 4) is 0 Å². The summed E-state index contributed by atoms with van der Waals surface area (Å²) in [6.45, 7) is 4.00. The molecule has 174 valence electrons. The molecule has 2 aromatic carbocycles. The molecular weight excluding hydrogens is 438 g/mol. The number of amides is 1. The zero-order valence-corrected chi connectivity index (χ0v) is 19.9. The van der Waals surface area contributed by atoms with Gasteiger partial charge in [-0.15, -0.1) is 0 Å². The molecule has 0 aliphatic heterocycles. The lowest BCUT2D eigenvalue weighted by Gasteiger charge is -2.21. The van der Waals surface area contributed by atoms with E-state index >= 15 is 0 Å². The Morgan fingerprint density at radius 2 is 1.82 bits per heavy atom. The maximum absolute atomic E-state index is 13.1. The second-order valence-corrected chi connectivity index (χ2v) is 9.02. The van der Waals surface area contributed by atoms with Crippen LogP contribution in [0.4, 0.5) is 0 Å². The summed E-state index contributed by atoms with van der Waals surface area (Å²) in [6.07, 6.45) is 1.79. The molecule has 0 fully saturated rings. The van der Waals surface area contributed by atoms with E-state index in [0.29, 0.717) is 16.1 Å². The van der Waals surface area contributed by atoms with Crippen LogP contribution in [0.5, 0.6) is 0 Å². The largest absolute Gasteiger partial charge is 0.469 e. The van der Waals surface area contributed by atoms with Crippen molar-refractivity contribution < 1.29 is 14.3 Å². The van der Waals surface area contributed by atoms with Gasteiger partial charge in [0.05, 0.1) is 35.7 Å². The van der Waals surface area contributed by atoms with Gasteiger partial charge in [0.1, 0.15) is 0 Å². The monoisotopic (exact) mass is 467 g/mol. The summed E-state index contributed by atoms with van der Waals surface area (Å²) in [4.78, 5) is 42.5. The van der Waals surface area contributed by atoms with Crippen molar-refractivity contribution >= 4 is 34.5 Å². The summed E-state index contributed by atoms with van der Waals surface area (Å²) in [5.41, 5.74) is 1.37. The molecular formula is C25H29N3O4S. The van der Waals surface area contributed by atoms with Crippen LogP contribution in [0, 0.1) is 0 Å². The highest BCUT2D eigenvalue weighted by Gasteiger charge is 2.22. The van der Waals surface area contributed by atoms with Gasteiger partial charge < -0.3 is 10.1 Å². The van der Waals surface area contributed by atoms with Crippen molar-refractivity contribution in [3.05, 3.63) is 70.5 Å². The Balaban J connectivity index is 1.85. The number of nitrogens with zero attached hydrogens (tertiary/aromatic N) is 2. The number of esters is 1. The summed E-state index contributed by atoms with van der Waals surface area (Å²) >= 11 is 1.21. The molecule has 0 bridgehead atoms. The fourth-order valence-corrected chi connectivity index (χ4v) is 4.48. The van der Waals surface area contributed by atoms with Crippen molar-refractivity contribution in [1.82, 2.24) is 14.9 Å². The van der Waals surface area contributed by atoms with Crippen molar-refractivity contribution in [1.29, 1.82) is 0 Å². The molecule has 7 nitrogen and oxygen atoms in total. The summed E-state index contributed by atoms with van der Waals surface area (Å²) in [5.74, 6) is -0.550. The molecule has 2 atom stereocenters. The highest BCUT2D eigenvalue weighted by atomic mass is 32.2. The molecule has 1 amide bonds. The number of aromatic nitrogens is 2. The lowest BCUT2D eigenvalue weighted by molar-refractivity contribution is -0.140. The van der Waals surface area contributed by atoms with E-state index in [-0.39, 0.29) is 30.5 Å². The number of rotatable bonds is 10. The van der Waals surface area contributed by atoms with E-state index in [2.05, 4.69) is 17.2 Å². The topological polar surface area (TPSA) is 90.3 Å². The third-order valence-corrected chi connectivity index (χ3v) is 6.43. The maximum atomic E-state index is 13.1. The van der Waals surface area contributed by atoms with Crippen LogP contribution in [-0.4, -0.2) is 33.8 Å². The van der Waals surface area contributed by atoms with Gasteiger partial charge in [-0.1, -0.05) is 67.6 Å². The Hall–Kier alpha value is -3.13. The Labute approximate surface area is 197 Å². The maximum Gasteiger partial charge on any atom is 0.307 e. The SMILES string of the molecule is CCC[C@@H](NC(=O)[C@H](C)Sc1nc2ccccc2c(=O)n1CCC(=O)OC)c1ccccc1. The first-order valence-electron chi connectivity index (χ1n) is 11.0. The van der Waals surface area contributed by atoms with E-state index in [9.17, 15) is 14.4 Å². The molecule has 0 saturated heterocycles. The molecule has 33 heavy (non-hydrogen) atoms. The third kappa shape index (κ3) is 6.22. The Morgan fingerprint density at radius 1 is 1.12 bits per heavy atom. The van der Waals surface area contributed by atoms with Crippen molar-refractivity contribution in [2.45, 2.75) is 56.1 Å². The molecule has 1 N–H and O–H groups in total. The van der Waals surface area contributed by atoms with Gasteiger partial charge in [0.15, 0.2) is 5.16 Å². The first-order chi connectivity index (χ1) is 15.9. The van der Waals surface area contributed by atoms with Crippen LogP contribution in [0.25, 0.3) is 10.9 Å². The van der Waals surface area contributed by atoms with Crippen molar-refractivity contribution in [3.63, 3.8) is 0 Å². The number of thioether (sulfide) groups is 1. The molecule has 8 heteroatoms. The molecule has 0 spiro atoms. The standard InChI is InChI=1S/C25H29N3O4S/c1-4-10-20(18-11-6-5-7-12-18)26-23(30)17(2)33-25-27-21-14-9-8-13-19(21)24(31)28(25)16-15-22(29)32-3/h5-9,11-14,17,20H,4,10,15-16H2,1-3H3,(H,26,30)/t17-,20+/m0/s1. The zero-order valence-electron chi connectivity index (χ0n) is 19.1. The number of nitrogens with one attached hydrogen (secondary N) is 1. The van der Waals surface area contributed by atoms with Gasteiger partial charge in [-0.25, -0.2) is 4.98 Å². The number of methoxy groups -OCH3 is 1. The number of para-hydroxylation sites is 1. The van der Waals surface area contributed by atoms with Crippen LogP contribution >= 0.6 is 11.8 Å². The minimum Gasteiger partial charge on any atom is -0.469 e. The molecule has 0 aliphatic carbocycles. The lowest BCUT2D eigenvalue weighted by Crippen LogP contribution is -2.35. The van der Waals surface area contributed by atoms with E-state index in [0.717, 1.165) is 18.4 Å². The lowest BCUT2D eigenvalue weighted by atomic mass is 10.0. The molecule has 1 heterocycles. The average Bonchev–Trinajstić information content (AvgIpc) is 2.83. The molecule has 3 rings (SSSR count). The number of hydrogen-bond donors (Lipinski definition) is 1. The fraction of sp³-hybridized carbons (Fsp3) is 0.360. The molecule has 1 aromatic heterocycles. The minimum absolute atomic E-state index is 0.0388. The smallest absolute Gasteiger partial charge is 0.307 e. The molecule has 0 saturated carbocycles. The predicted molar refractivity (Wildman–Crippen MR) is 130 cm³/mol. The van der Waals surface area contributed by atoms with Crippen molar-refractivity contribution in [2.24, 2.45) is 0 Å². The van der Waals surface area contributed by atoms with Gasteiger partial charge in [0.2, 0.25) is 5.91 Å². The van der Waals surface area contributed by atoms with Gasteiger partial charge in [-0.2, -0.15) is 0 Å². The molecule has 0 aliphatic rings. The van der Waals surface area contributed by atoms with Crippen molar-refractivity contribution in [2.75, 3.05) is 7.11 Å². The van der Waals surface area contributed by atoms with Crippen LogP contribution in [-0.2, 0) is 20.9 Å². The van der Waals surface area contributed by atoms with E-state index in [1.807, 2.05) is 36.4 Å². The van der Waals surface area contributed by atoms with Crippen LogP contribution in [0.3, 0.4) is 0 Å². The number of hydrogen-bond acceptors (Lipinski definition) is 6. The van der Waals surface area contributed by atoms with E-state index < -0.39 is 11.2 Å². The van der Waals surface area contributed by atoms with Crippen LogP contribution in [0.2, 0.25) is 0 Å². The Morgan fingerprint density at radius 3 is 2.52 bits per heavy atom. The predicted octanol–water partition coefficient (Wildman–Crippen LogP) is 4.10. The van der Waals surface area contributed by atoms with E-state index in [1.54, 1.807) is 25.1 Å². The highest BCUT2D eigenvalue weighted by molar-refractivity contribution is 8.00. The summed E-state index contributed by atoms with van der Waals surface area (Å²) in [5, 5.41) is 3.51.